The van der Waals surface area contributed by atoms with E-state index in [1.807, 2.05) is 6.20 Å². The summed E-state index contributed by atoms with van der Waals surface area (Å²) in [6, 6.07) is 0.647. The highest BCUT2D eigenvalue weighted by molar-refractivity contribution is 5.93. The van der Waals surface area contributed by atoms with Gasteiger partial charge in [-0.15, -0.1) is 0 Å². The minimum atomic E-state index is -0.993. The van der Waals surface area contributed by atoms with Crippen LogP contribution in [0.4, 0.5) is 0 Å². The van der Waals surface area contributed by atoms with Crippen LogP contribution < -0.4 is 0 Å². The number of aromatic nitrogens is 3. The molecule has 7 nitrogen and oxygen atoms in total. The molecule has 2 atom stereocenters. The van der Waals surface area contributed by atoms with Crippen molar-refractivity contribution in [3.63, 3.8) is 0 Å². The first-order valence-corrected chi connectivity index (χ1v) is 8.08. The maximum absolute atomic E-state index is 11.1. The van der Waals surface area contributed by atoms with E-state index in [-0.39, 0.29) is 5.56 Å². The Balaban J connectivity index is 1.55. The monoisotopic (exact) mass is 315 g/mol. The minimum absolute atomic E-state index is 0.144. The zero-order chi connectivity index (χ0) is 16.0. The largest absolute Gasteiger partial charge is 0.477 e. The van der Waals surface area contributed by atoms with Gasteiger partial charge in [0.15, 0.2) is 5.65 Å². The Morgan fingerprint density at radius 2 is 2.17 bits per heavy atom. The smallest absolute Gasteiger partial charge is 0.341 e. The highest BCUT2D eigenvalue weighted by Gasteiger charge is 2.32. The number of rotatable bonds is 3. The van der Waals surface area contributed by atoms with Crippen LogP contribution in [0.25, 0.3) is 5.65 Å². The summed E-state index contributed by atoms with van der Waals surface area (Å²) in [4.78, 5) is 20.4. The Morgan fingerprint density at radius 1 is 1.30 bits per heavy atom. The molecule has 0 amide bonds. The lowest BCUT2D eigenvalue weighted by Crippen LogP contribution is -2.40. The van der Waals surface area contributed by atoms with Gasteiger partial charge < -0.3 is 10.0 Å². The molecule has 7 heteroatoms. The quantitative estimate of drug-likeness (QED) is 0.909. The first-order chi connectivity index (χ1) is 11.1. The fourth-order valence-electron chi connectivity index (χ4n) is 3.95. The Bertz CT molecular complexity index is 743. The van der Waals surface area contributed by atoms with Gasteiger partial charge in [0.1, 0.15) is 5.56 Å². The summed E-state index contributed by atoms with van der Waals surface area (Å²) in [7, 11) is 2.23. The average Bonchev–Trinajstić information content (AvgIpc) is 2.75. The van der Waals surface area contributed by atoms with Gasteiger partial charge in [-0.3, -0.25) is 4.90 Å². The summed E-state index contributed by atoms with van der Waals surface area (Å²) in [5.41, 5.74) is 1.62. The van der Waals surface area contributed by atoms with Gasteiger partial charge in [0.2, 0.25) is 0 Å². The molecule has 0 aliphatic carbocycles. The predicted molar refractivity (Wildman–Crippen MR) is 84.4 cm³/mol. The summed E-state index contributed by atoms with van der Waals surface area (Å²) in [6.45, 7) is 4.24. The van der Waals surface area contributed by atoms with Crippen molar-refractivity contribution in [3.05, 3.63) is 29.7 Å². The Labute approximate surface area is 134 Å². The Morgan fingerprint density at radius 3 is 2.96 bits per heavy atom. The third-order valence-corrected chi connectivity index (χ3v) is 5.11. The molecule has 2 aromatic heterocycles. The van der Waals surface area contributed by atoms with Crippen molar-refractivity contribution in [2.24, 2.45) is 5.92 Å². The second-order valence-corrected chi connectivity index (χ2v) is 6.82. The van der Waals surface area contributed by atoms with Gasteiger partial charge in [0, 0.05) is 50.2 Å². The number of aromatic carboxylic acids is 1. The molecular weight excluding hydrogens is 294 g/mol. The normalized spacial score (nSPS) is 25.8. The number of carboxylic acids is 1. The first-order valence-electron chi connectivity index (χ1n) is 8.08. The van der Waals surface area contributed by atoms with Crippen LogP contribution in [-0.2, 0) is 6.54 Å². The summed E-state index contributed by atoms with van der Waals surface area (Å²) in [5, 5.41) is 13.2. The lowest BCUT2D eigenvalue weighted by Gasteiger charge is -2.32. The Kier molecular flexibility index (Phi) is 3.54. The molecule has 23 heavy (non-hydrogen) atoms. The van der Waals surface area contributed by atoms with Crippen molar-refractivity contribution in [2.45, 2.75) is 25.4 Å². The molecule has 0 spiro atoms. The van der Waals surface area contributed by atoms with Crippen molar-refractivity contribution in [2.75, 3.05) is 26.7 Å². The van der Waals surface area contributed by atoms with Gasteiger partial charge in [0.25, 0.3) is 0 Å². The number of hydrogen-bond acceptors (Lipinski definition) is 5. The van der Waals surface area contributed by atoms with E-state index in [9.17, 15) is 4.79 Å². The van der Waals surface area contributed by atoms with E-state index in [0.717, 1.165) is 31.1 Å². The van der Waals surface area contributed by atoms with Crippen molar-refractivity contribution in [1.29, 1.82) is 0 Å². The first kappa shape index (κ1) is 14.6. The van der Waals surface area contributed by atoms with Crippen LogP contribution in [0, 0.1) is 5.92 Å². The van der Waals surface area contributed by atoms with Crippen LogP contribution in [0.2, 0.25) is 0 Å². The van der Waals surface area contributed by atoms with Crippen LogP contribution >= 0.6 is 0 Å². The van der Waals surface area contributed by atoms with Gasteiger partial charge in [-0.05, 0) is 25.8 Å². The summed E-state index contributed by atoms with van der Waals surface area (Å²) in [6.07, 6.45) is 7.64. The molecule has 5 rings (SSSR count). The van der Waals surface area contributed by atoms with E-state index in [1.54, 1.807) is 10.7 Å². The van der Waals surface area contributed by atoms with Crippen LogP contribution in [0.3, 0.4) is 0 Å². The summed E-state index contributed by atoms with van der Waals surface area (Å²) in [5.74, 6) is -0.244. The topological polar surface area (TPSA) is 74.0 Å². The second-order valence-electron chi connectivity index (χ2n) is 6.82. The van der Waals surface area contributed by atoms with Crippen molar-refractivity contribution < 1.29 is 9.90 Å². The third-order valence-electron chi connectivity index (χ3n) is 5.11. The fourth-order valence-corrected chi connectivity index (χ4v) is 3.95. The number of likely N-dealkylation sites (N-methyl/N-ethyl adjacent to an activating group) is 1. The molecule has 122 valence electrons. The number of nitrogens with zero attached hydrogens (tertiary/aromatic N) is 5. The minimum Gasteiger partial charge on any atom is -0.477 e. The SMILES string of the molecule is CN1C[C@@H]2CC[C@H]1CN(Cc1cnc3c(C(=O)O)cnn3c1)C2. The molecule has 1 N–H and O–H groups in total. The second kappa shape index (κ2) is 5.58. The third kappa shape index (κ3) is 2.70. The fraction of sp³-hybridized carbons (Fsp3) is 0.562. The van der Waals surface area contributed by atoms with E-state index in [2.05, 4.69) is 26.9 Å². The molecule has 0 saturated carbocycles. The lowest BCUT2D eigenvalue weighted by molar-refractivity contribution is 0.0698. The zero-order valence-electron chi connectivity index (χ0n) is 13.2. The Hall–Kier alpha value is -1.99. The molecule has 2 aromatic rings. The number of carboxylic acid groups (broad SMARTS) is 1. The predicted octanol–water partition coefficient (Wildman–Crippen LogP) is 0.953. The molecule has 3 fully saturated rings. The van der Waals surface area contributed by atoms with E-state index in [0.29, 0.717) is 11.7 Å². The van der Waals surface area contributed by atoms with Gasteiger partial charge in [-0.2, -0.15) is 5.10 Å². The van der Waals surface area contributed by atoms with E-state index < -0.39 is 5.97 Å². The summed E-state index contributed by atoms with van der Waals surface area (Å²) < 4.78 is 1.57. The highest BCUT2D eigenvalue weighted by Crippen LogP contribution is 2.27. The molecule has 3 saturated heterocycles. The molecule has 0 radical (unpaired) electrons. The lowest BCUT2D eigenvalue weighted by atomic mass is 9.96. The van der Waals surface area contributed by atoms with Crippen molar-refractivity contribution in [1.82, 2.24) is 24.4 Å². The van der Waals surface area contributed by atoms with Crippen molar-refractivity contribution >= 4 is 11.6 Å². The zero-order valence-corrected chi connectivity index (χ0v) is 13.2. The molecular formula is C16H21N5O2. The molecule has 3 aliphatic rings. The molecule has 3 aliphatic heterocycles. The van der Waals surface area contributed by atoms with Crippen LogP contribution in [-0.4, -0.2) is 68.2 Å². The van der Waals surface area contributed by atoms with Gasteiger partial charge >= 0.3 is 5.97 Å². The molecule has 0 aromatic carbocycles. The maximum atomic E-state index is 11.1. The van der Waals surface area contributed by atoms with Crippen LogP contribution in [0.1, 0.15) is 28.8 Å². The summed E-state index contributed by atoms with van der Waals surface area (Å²) >= 11 is 0. The molecule has 2 bridgehead atoms. The van der Waals surface area contributed by atoms with Gasteiger partial charge in [0.05, 0.1) is 6.20 Å². The van der Waals surface area contributed by atoms with E-state index in [1.165, 1.54) is 25.6 Å². The standard InChI is InChI=1S/C16H21N5O2/c1-19-6-11-2-3-13(19)10-20(7-11)8-12-4-17-15-14(16(22)23)5-18-21(15)9-12/h4-5,9,11,13H,2-3,6-8,10H2,1H3,(H,22,23)/t11-,13-/m0/s1. The highest BCUT2D eigenvalue weighted by atomic mass is 16.4. The van der Waals surface area contributed by atoms with E-state index >= 15 is 0 Å². The van der Waals surface area contributed by atoms with Gasteiger partial charge in [-0.1, -0.05) is 0 Å². The van der Waals surface area contributed by atoms with Crippen molar-refractivity contribution in [3.8, 4) is 0 Å². The number of carbonyl (C=O) groups is 1. The molecule has 5 heterocycles. The van der Waals surface area contributed by atoms with Crippen LogP contribution in [0.5, 0.6) is 0 Å². The number of hydrogen-bond donors (Lipinski definition) is 1. The molecule has 0 unspecified atom stereocenters. The van der Waals surface area contributed by atoms with E-state index in [4.69, 9.17) is 5.11 Å². The average molecular weight is 315 g/mol. The van der Waals surface area contributed by atoms with Crippen LogP contribution in [0.15, 0.2) is 18.6 Å². The number of fused-ring (bicyclic) bond motifs is 5. The number of piperidine rings is 1. The maximum Gasteiger partial charge on any atom is 0.341 e. The van der Waals surface area contributed by atoms with Gasteiger partial charge in [-0.25, -0.2) is 14.3 Å².